The number of rotatable bonds is 10. The zero-order valence-corrected chi connectivity index (χ0v) is 15.4. The third kappa shape index (κ3) is 6.49. The summed E-state index contributed by atoms with van der Waals surface area (Å²) in [6, 6.07) is 14.1. The molecule has 0 aliphatic rings. The molecule has 0 N–H and O–H groups in total. The van der Waals surface area contributed by atoms with Gasteiger partial charge in [-0.3, -0.25) is 4.18 Å². The van der Waals surface area contributed by atoms with E-state index in [-0.39, 0.29) is 11.5 Å². The van der Waals surface area contributed by atoms with Crippen molar-refractivity contribution in [1.82, 2.24) is 0 Å². The Bertz CT molecular complexity index is 736. The monoisotopic (exact) mass is 364 g/mol. The van der Waals surface area contributed by atoms with E-state index in [4.69, 9.17) is 13.7 Å². The Morgan fingerprint density at radius 3 is 2.20 bits per heavy atom. The van der Waals surface area contributed by atoms with Gasteiger partial charge in [-0.05, 0) is 50.1 Å². The van der Waals surface area contributed by atoms with Crippen LogP contribution >= 0.6 is 0 Å². The topological polar surface area (TPSA) is 61.8 Å². The molecule has 0 radical (unpaired) electrons. The molecule has 2 rings (SSSR count). The van der Waals surface area contributed by atoms with Gasteiger partial charge in [0.15, 0.2) is 0 Å². The standard InChI is InChI=1S/C19H24O5S/c1-3-22-14-15-23-18-8-6-17(7-9-18)12-13-24-25(20,21)19-10-4-16(2)5-11-19/h4-11H,3,12-15H2,1-2H3. The molecule has 2 aromatic rings. The summed E-state index contributed by atoms with van der Waals surface area (Å²) < 4.78 is 40.1. The molecule has 2 aromatic carbocycles. The first-order valence-electron chi connectivity index (χ1n) is 8.27. The minimum Gasteiger partial charge on any atom is -0.491 e. The van der Waals surface area contributed by atoms with Crippen LogP contribution in [0.2, 0.25) is 0 Å². The summed E-state index contributed by atoms with van der Waals surface area (Å²) in [7, 11) is -3.71. The summed E-state index contributed by atoms with van der Waals surface area (Å²) in [5.74, 6) is 0.761. The lowest BCUT2D eigenvalue weighted by Gasteiger charge is -2.08. The number of ether oxygens (including phenoxy) is 2. The summed E-state index contributed by atoms with van der Waals surface area (Å²) in [5, 5.41) is 0. The van der Waals surface area contributed by atoms with E-state index in [1.807, 2.05) is 38.1 Å². The number of aryl methyl sites for hydroxylation is 1. The Labute approximate surface area is 149 Å². The smallest absolute Gasteiger partial charge is 0.296 e. The molecule has 0 unspecified atom stereocenters. The summed E-state index contributed by atoms with van der Waals surface area (Å²) in [5.41, 5.74) is 1.98. The Kier molecular flexibility index (Phi) is 7.43. The molecule has 0 fully saturated rings. The van der Waals surface area contributed by atoms with Crippen LogP contribution in [0, 0.1) is 6.92 Å². The molecular formula is C19H24O5S. The maximum Gasteiger partial charge on any atom is 0.296 e. The molecule has 0 atom stereocenters. The van der Waals surface area contributed by atoms with Crippen molar-refractivity contribution in [2.75, 3.05) is 26.4 Å². The van der Waals surface area contributed by atoms with Crippen LogP contribution in [0.3, 0.4) is 0 Å². The molecule has 0 aliphatic heterocycles. The van der Waals surface area contributed by atoms with E-state index in [1.54, 1.807) is 24.3 Å². The fourth-order valence-corrected chi connectivity index (χ4v) is 3.07. The van der Waals surface area contributed by atoms with Crippen LogP contribution in [0.1, 0.15) is 18.1 Å². The van der Waals surface area contributed by atoms with Gasteiger partial charge in [0.1, 0.15) is 12.4 Å². The van der Waals surface area contributed by atoms with E-state index < -0.39 is 10.1 Å². The third-order valence-electron chi connectivity index (χ3n) is 3.56. The number of benzene rings is 2. The highest BCUT2D eigenvalue weighted by molar-refractivity contribution is 7.86. The average molecular weight is 364 g/mol. The van der Waals surface area contributed by atoms with Gasteiger partial charge in [0.25, 0.3) is 10.1 Å². The van der Waals surface area contributed by atoms with Gasteiger partial charge in [0.05, 0.1) is 18.1 Å². The summed E-state index contributed by atoms with van der Waals surface area (Å²) in [6.45, 7) is 5.68. The fourth-order valence-electron chi connectivity index (χ4n) is 2.16. The Morgan fingerprint density at radius 2 is 1.56 bits per heavy atom. The molecule has 0 spiro atoms. The highest BCUT2D eigenvalue weighted by Crippen LogP contribution is 2.15. The highest BCUT2D eigenvalue weighted by Gasteiger charge is 2.14. The van der Waals surface area contributed by atoms with Crippen LogP contribution in [0.4, 0.5) is 0 Å². The minimum absolute atomic E-state index is 0.0980. The van der Waals surface area contributed by atoms with Crippen LogP contribution in [-0.2, 0) is 25.5 Å². The summed E-state index contributed by atoms with van der Waals surface area (Å²) in [4.78, 5) is 0.177. The van der Waals surface area contributed by atoms with Crippen LogP contribution in [0.5, 0.6) is 5.75 Å². The van der Waals surface area contributed by atoms with Crippen molar-refractivity contribution in [1.29, 1.82) is 0 Å². The highest BCUT2D eigenvalue weighted by atomic mass is 32.2. The predicted octanol–water partition coefficient (Wildman–Crippen LogP) is 3.36. The quantitative estimate of drug-likeness (QED) is 0.478. The maximum atomic E-state index is 12.1. The summed E-state index contributed by atoms with van der Waals surface area (Å²) in [6.07, 6.45) is 0.504. The van der Waals surface area contributed by atoms with Gasteiger partial charge in [-0.2, -0.15) is 8.42 Å². The van der Waals surface area contributed by atoms with Gasteiger partial charge < -0.3 is 9.47 Å². The van der Waals surface area contributed by atoms with E-state index in [0.717, 1.165) is 16.9 Å². The first-order chi connectivity index (χ1) is 12.0. The second-order valence-corrected chi connectivity index (χ2v) is 7.14. The van der Waals surface area contributed by atoms with Gasteiger partial charge in [-0.1, -0.05) is 29.8 Å². The van der Waals surface area contributed by atoms with Crippen molar-refractivity contribution in [2.24, 2.45) is 0 Å². The van der Waals surface area contributed by atoms with E-state index in [0.29, 0.717) is 26.2 Å². The number of hydrogen-bond acceptors (Lipinski definition) is 5. The van der Waals surface area contributed by atoms with Crippen molar-refractivity contribution >= 4 is 10.1 Å². The van der Waals surface area contributed by atoms with Gasteiger partial charge in [-0.15, -0.1) is 0 Å². The van der Waals surface area contributed by atoms with Gasteiger partial charge in [0, 0.05) is 6.61 Å². The molecule has 0 aromatic heterocycles. The first-order valence-corrected chi connectivity index (χ1v) is 9.67. The molecule has 6 heteroatoms. The number of hydrogen-bond donors (Lipinski definition) is 0. The van der Waals surface area contributed by atoms with Gasteiger partial charge >= 0.3 is 0 Å². The van der Waals surface area contributed by atoms with Crippen molar-refractivity contribution < 1.29 is 22.1 Å². The van der Waals surface area contributed by atoms with Gasteiger partial charge in [0.2, 0.25) is 0 Å². The minimum atomic E-state index is -3.71. The molecule has 0 heterocycles. The van der Waals surface area contributed by atoms with E-state index in [1.165, 1.54) is 0 Å². The molecule has 0 bridgehead atoms. The maximum absolute atomic E-state index is 12.1. The Morgan fingerprint density at radius 1 is 0.880 bits per heavy atom. The molecule has 5 nitrogen and oxygen atoms in total. The first kappa shape index (κ1) is 19.4. The van der Waals surface area contributed by atoms with E-state index >= 15 is 0 Å². The molecule has 0 saturated carbocycles. The fraction of sp³-hybridized carbons (Fsp3) is 0.368. The largest absolute Gasteiger partial charge is 0.491 e. The van der Waals surface area contributed by atoms with Crippen LogP contribution in [-0.4, -0.2) is 34.8 Å². The second kappa shape index (κ2) is 9.56. The van der Waals surface area contributed by atoms with E-state index in [9.17, 15) is 8.42 Å². The molecule has 25 heavy (non-hydrogen) atoms. The molecule has 136 valence electrons. The molecule has 0 saturated heterocycles. The van der Waals surface area contributed by atoms with Crippen molar-refractivity contribution in [3.05, 3.63) is 59.7 Å². The SMILES string of the molecule is CCOCCOc1ccc(CCOS(=O)(=O)c2ccc(C)cc2)cc1. The normalized spacial score (nSPS) is 11.4. The second-order valence-electron chi connectivity index (χ2n) is 5.53. The van der Waals surface area contributed by atoms with Crippen molar-refractivity contribution in [3.8, 4) is 5.75 Å². The van der Waals surface area contributed by atoms with Crippen molar-refractivity contribution in [2.45, 2.75) is 25.2 Å². The van der Waals surface area contributed by atoms with E-state index in [2.05, 4.69) is 0 Å². The summed E-state index contributed by atoms with van der Waals surface area (Å²) >= 11 is 0. The molecular weight excluding hydrogens is 340 g/mol. The third-order valence-corrected chi connectivity index (χ3v) is 4.89. The van der Waals surface area contributed by atoms with Crippen LogP contribution < -0.4 is 4.74 Å². The van der Waals surface area contributed by atoms with Crippen LogP contribution in [0.25, 0.3) is 0 Å². The Balaban J connectivity index is 1.80. The van der Waals surface area contributed by atoms with Gasteiger partial charge in [-0.25, -0.2) is 0 Å². The molecule has 0 amide bonds. The van der Waals surface area contributed by atoms with Crippen molar-refractivity contribution in [3.63, 3.8) is 0 Å². The molecule has 0 aliphatic carbocycles. The lowest BCUT2D eigenvalue weighted by atomic mass is 10.1. The lowest BCUT2D eigenvalue weighted by molar-refractivity contribution is 0.110. The lowest BCUT2D eigenvalue weighted by Crippen LogP contribution is -2.09. The average Bonchev–Trinajstić information content (AvgIpc) is 2.60. The zero-order valence-electron chi connectivity index (χ0n) is 14.6. The zero-order chi connectivity index (χ0) is 18.1. The van der Waals surface area contributed by atoms with Crippen LogP contribution in [0.15, 0.2) is 53.4 Å². The Hall–Kier alpha value is -1.89. The predicted molar refractivity (Wildman–Crippen MR) is 96.5 cm³/mol.